The molecule has 0 aromatic rings. The minimum Gasteiger partial charge on any atom is -0.468 e. The van der Waals surface area contributed by atoms with E-state index in [0.717, 1.165) is 12.8 Å². The minimum atomic E-state index is -0.201. The molecule has 0 bridgehead atoms. The van der Waals surface area contributed by atoms with Gasteiger partial charge in [0.05, 0.1) is 13.7 Å². The maximum Gasteiger partial charge on any atom is 0.319 e. The van der Waals surface area contributed by atoms with Crippen LogP contribution in [-0.2, 0) is 9.53 Å². The normalized spacial score (nSPS) is 12.6. The molecule has 0 aliphatic heterocycles. The van der Waals surface area contributed by atoms with Crippen molar-refractivity contribution in [3.63, 3.8) is 0 Å². The van der Waals surface area contributed by atoms with Gasteiger partial charge < -0.3 is 10.1 Å². The smallest absolute Gasteiger partial charge is 0.319 e. The Labute approximate surface area is 68.1 Å². The molecule has 0 aliphatic carbocycles. The second-order valence-corrected chi connectivity index (χ2v) is 2.65. The number of rotatable bonds is 5. The molecular formula is C8H17NO2. The van der Waals surface area contributed by atoms with E-state index in [4.69, 9.17) is 0 Å². The second-order valence-electron chi connectivity index (χ2n) is 2.65. The summed E-state index contributed by atoms with van der Waals surface area (Å²) in [6.45, 7) is 4.50. The lowest BCUT2D eigenvalue weighted by atomic mass is 10.2. The first-order valence-corrected chi connectivity index (χ1v) is 4.00. The van der Waals surface area contributed by atoms with E-state index < -0.39 is 0 Å². The third-order valence-corrected chi connectivity index (χ3v) is 1.54. The number of nitrogens with one attached hydrogen (secondary N) is 1. The Bertz CT molecular complexity index is 115. The molecule has 0 radical (unpaired) electrons. The molecule has 0 fully saturated rings. The first-order chi connectivity index (χ1) is 5.20. The number of hydrogen-bond acceptors (Lipinski definition) is 3. The summed E-state index contributed by atoms with van der Waals surface area (Å²) in [5.41, 5.74) is 0. The van der Waals surface area contributed by atoms with Gasteiger partial charge in [0.1, 0.15) is 0 Å². The van der Waals surface area contributed by atoms with Crippen molar-refractivity contribution in [1.82, 2.24) is 5.32 Å². The molecule has 11 heavy (non-hydrogen) atoms. The van der Waals surface area contributed by atoms with Gasteiger partial charge >= 0.3 is 5.97 Å². The van der Waals surface area contributed by atoms with E-state index in [2.05, 4.69) is 23.9 Å². The molecule has 0 saturated heterocycles. The Morgan fingerprint density at radius 1 is 1.64 bits per heavy atom. The SMILES string of the molecule is CCCC(C)NCC(=O)OC. The van der Waals surface area contributed by atoms with Crippen molar-refractivity contribution in [3.05, 3.63) is 0 Å². The van der Waals surface area contributed by atoms with Crippen LogP contribution in [0.15, 0.2) is 0 Å². The second kappa shape index (κ2) is 6.16. The van der Waals surface area contributed by atoms with Gasteiger partial charge in [0.15, 0.2) is 0 Å². The van der Waals surface area contributed by atoms with Gasteiger partial charge in [0.2, 0.25) is 0 Å². The van der Waals surface area contributed by atoms with Crippen LogP contribution in [-0.4, -0.2) is 25.7 Å². The highest BCUT2D eigenvalue weighted by molar-refractivity contribution is 5.71. The number of esters is 1. The average Bonchev–Trinajstić information content (AvgIpc) is 2.01. The van der Waals surface area contributed by atoms with Gasteiger partial charge in [-0.2, -0.15) is 0 Å². The predicted molar refractivity (Wildman–Crippen MR) is 44.4 cm³/mol. The summed E-state index contributed by atoms with van der Waals surface area (Å²) in [6, 6.07) is 0.402. The summed E-state index contributed by atoms with van der Waals surface area (Å²) in [7, 11) is 1.40. The van der Waals surface area contributed by atoms with Gasteiger partial charge in [-0.05, 0) is 13.3 Å². The molecule has 0 heterocycles. The van der Waals surface area contributed by atoms with Crippen molar-refractivity contribution in [2.45, 2.75) is 32.7 Å². The van der Waals surface area contributed by atoms with E-state index in [0.29, 0.717) is 12.6 Å². The molecule has 0 aromatic heterocycles. The zero-order valence-electron chi connectivity index (χ0n) is 7.52. The fourth-order valence-corrected chi connectivity index (χ4v) is 0.865. The summed E-state index contributed by atoms with van der Waals surface area (Å²) in [4.78, 5) is 10.6. The molecule has 0 aromatic carbocycles. The third-order valence-electron chi connectivity index (χ3n) is 1.54. The van der Waals surface area contributed by atoms with E-state index >= 15 is 0 Å². The number of carbonyl (C=O) groups excluding carboxylic acids is 1. The summed E-state index contributed by atoms with van der Waals surface area (Å²) in [5, 5.41) is 3.06. The zero-order chi connectivity index (χ0) is 8.69. The van der Waals surface area contributed by atoms with Gasteiger partial charge in [-0.1, -0.05) is 13.3 Å². The molecule has 0 aliphatic rings. The Balaban J connectivity index is 3.29. The summed E-state index contributed by atoms with van der Waals surface area (Å²) in [6.07, 6.45) is 2.23. The molecule has 3 nitrogen and oxygen atoms in total. The molecular weight excluding hydrogens is 142 g/mol. The average molecular weight is 159 g/mol. The van der Waals surface area contributed by atoms with Gasteiger partial charge in [-0.3, -0.25) is 4.79 Å². The first kappa shape index (κ1) is 10.4. The third kappa shape index (κ3) is 5.85. The van der Waals surface area contributed by atoms with Crippen LogP contribution in [0.2, 0.25) is 0 Å². The Morgan fingerprint density at radius 3 is 2.73 bits per heavy atom. The maximum atomic E-state index is 10.6. The van der Waals surface area contributed by atoms with E-state index in [-0.39, 0.29) is 5.97 Å². The van der Waals surface area contributed by atoms with Gasteiger partial charge in [0.25, 0.3) is 0 Å². The number of methoxy groups -OCH3 is 1. The lowest BCUT2D eigenvalue weighted by Gasteiger charge is -2.10. The standard InChI is InChI=1S/C8H17NO2/c1-4-5-7(2)9-6-8(10)11-3/h7,9H,4-6H2,1-3H3. The lowest BCUT2D eigenvalue weighted by Crippen LogP contribution is -2.31. The molecule has 66 valence electrons. The van der Waals surface area contributed by atoms with Crippen molar-refractivity contribution in [2.75, 3.05) is 13.7 Å². The Morgan fingerprint density at radius 2 is 2.27 bits per heavy atom. The summed E-state index contributed by atoms with van der Waals surface area (Å²) < 4.78 is 4.48. The summed E-state index contributed by atoms with van der Waals surface area (Å²) in [5.74, 6) is -0.201. The van der Waals surface area contributed by atoms with Gasteiger partial charge in [-0.15, -0.1) is 0 Å². The van der Waals surface area contributed by atoms with Crippen LogP contribution in [0.1, 0.15) is 26.7 Å². The zero-order valence-corrected chi connectivity index (χ0v) is 7.52. The molecule has 0 spiro atoms. The molecule has 1 atom stereocenters. The first-order valence-electron chi connectivity index (χ1n) is 4.00. The largest absolute Gasteiger partial charge is 0.468 e. The molecule has 0 saturated carbocycles. The van der Waals surface area contributed by atoms with Crippen molar-refractivity contribution in [1.29, 1.82) is 0 Å². The van der Waals surface area contributed by atoms with E-state index in [1.54, 1.807) is 0 Å². The van der Waals surface area contributed by atoms with Crippen LogP contribution in [0.5, 0.6) is 0 Å². The lowest BCUT2D eigenvalue weighted by molar-refractivity contribution is -0.139. The molecule has 1 unspecified atom stereocenters. The van der Waals surface area contributed by atoms with E-state index in [9.17, 15) is 4.79 Å². The Kier molecular flexibility index (Phi) is 5.84. The van der Waals surface area contributed by atoms with Crippen molar-refractivity contribution in [2.24, 2.45) is 0 Å². The molecule has 0 rings (SSSR count). The number of ether oxygens (including phenoxy) is 1. The molecule has 0 amide bonds. The van der Waals surface area contributed by atoms with Gasteiger partial charge in [-0.25, -0.2) is 0 Å². The van der Waals surface area contributed by atoms with Crippen molar-refractivity contribution >= 4 is 5.97 Å². The fraction of sp³-hybridized carbons (Fsp3) is 0.875. The summed E-state index contributed by atoms with van der Waals surface area (Å²) >= 11 is 0. The van der Waals surface area contributed by atoms with Crippen LogP contribution < -0.4 is 5.32 Å². The van der Waals surface area contributed by atoms with Crippen molar-refractivity contribution in [3.8, 4) is 0 Å². The Hall–Kier alpha value is -0.570. The highest BCUT2D eigenvalue weighted by atomic mass is 16.5. The molecule has 3 heteroatoms. The van der Waals surface area contributed by atoms with Crippen LogP contribution in [0, 0.1) is 0 Å². The van der Waals surface area contributed by atoms with Crippen LogP contribution in [0.4, 0.5) is 0 Å². The predicted octanol–water partition coefficient (Wildman–Crippen LogP) is 0.938. The maximum absolute atomic E-state index is 10.6. The highest BCUT2D eigenvalue weighted by Gasteiger charge is 2.02. The number of hydrogen-bond donors (Lipinski definition) is 1. The van der Waals surface area contributed by atoms with E-state index in [1.165, 1.54) is 7.11 Å². The highest BCUT2D eigenvalue weighted by Crippen LogP contribution is 1.93. The van der Waals surface area contributed by atoms with Crippen LogP contribution in [0.25, 0.3) is 0 Å². The van der Waals surface area contributed by atoms with Gasteiger partial charge in [0, 0.05) is 6.04 Å². The minimum absolute atomic E-state index is 0.201. The quantitative estimate of drug-likeness (QED) is 0.607. The topological polar surface area (TPSA) is 38.3 Å². The van der Waals surface area contributed by atoms with Crippen LogP contribution in [0.3, 0.4) is 0 Å². The van der Waals surface area contributed by atoms with E-state index in [1.807, 2.05) is 0 Å². The van der Waals surface area contributed by atoms with Crippen LogP contribution >= 0.6 is 0 Å². The number of carbonyl (C=O) groups is 1. The molecule has 1 N–H and O–H groups in total. The fourth-order valence-electron chi connectivity index (χ4n) is 0.865. The van der Waals surface area contributed by atoms with Crippen molar-refractivity contribution < 1.29 is 9.53 Å². The monoisotopic (exact) mass is 159 g/mol.